The average Bonchev–Trinajstić information content (AvgIpc) is 3.14. The molecule has 120 valence electrons. The van der Waals surface area contributed by atoms with Crippen LogP contribution in [0.15, 0.2) is 24.3 Å². The maximum atomic E-state index is 12.7. The van der Waals surface area contributed by atoms with Crippen LogP contribution in [0.5, 0.6) is 5.75 Å². The van der Waals surface area contributed by atoms with Gasteiger partial charge < -0.3 is 15.0 Å². The molecule has 0 bridgehead atoms. The predicted molar refractivity (Wildman–Crippen MR) is 87.5 cm³/mol. The zero-order valence-electron chi connectivity index (χ0n) is 12.7. The molecule has 0 aromatic heterocycles. The molecule has 1 unspecified atom stereocenters. The molecule has 2 saturated heterocycles. The molecule has 3 heterocycles. The van der Waals surface area contributed by atoms with Crippen LogP contribution in [0, 0.1) is 5.41 Å². The SMILES string of the molecule is Cl.O=C(C1Cc2ccccc2O1)N1CCC2(CCNC2)CC1. The van der Waals surface area contributed by atoms with Gasteiger partial charge in [-0.2, -0.15) is 0 Å². The Hall–Kier alpha value is -1.26. The third kappa shape index (κ3) is 2.70. The molecule has 3 aliphatic heterocycles. The second-order valence-electron chi connectivity index (χ2n) is 6.67. The maximum Gasteiger partial charge on any atom is 0.263 e. The minimum absolute atomic E-state index is 0. The van der Waals surface area contributed by atoms with Gasteiger partial charge in [0, 0.05) is 26.1 Å². The van der Waals surface area contributed by atoms with E-state index in [0.717, 1.165) is 56.8 Å². The quantitative estimate of drug-likeness (QED) is 0.860. The number of benzene rings is 1. The number of nitrogens with one attached hydrogen (secondary N) is 1. The van der Waals surface area contributed by atoms with Crippen LogP contribution in [0.1, 0.15) is 24.8 Å². The number of fused-ring (bicyclic) bond motifs is 1. The van der Waals surface area contributed by atoms with Crippen molar-refractivity contribution < 1.29 is 9.53 Å². The number of carbonyl (C=O) groups excluding carboxylic acids is 1. The molecule has 3 aliphatic rings. The second-order valence-corrected chi connectivity index (χ2v) is 6.67. The van der Waals surface area contributed by atoms with E-state index in [1.807, 2.05) is 23.1 Å². The molecule has 1 N–H and O–H groups in total. The van der Waals surface area contributed by atoms with Gasteiger partial charge in [0.2, 0.25) is 0 Å². The number of amides is 1. The van der Waals surface area contributed by atoms with Gasteiger partial charge in [-0.25, -0.2) is 0 Å². The van der Waals surface area contributed by atoms with Gasteiger partial charge in [-0.3, -0.25) is 4.79 Å². The van der Waals surface area contributed by atoms with E-state index in [0.29, 0.717) is 5.41 Å². The van der Waals surface area contributed by atoms with Crippen molar-refractivity contribution in [1.29, 1.82) is 0 Å². The van der Waals surface area contributed by atoms with E-state index in [1.165, 1.54) is 6.42 Å². The average molecular weight is 323 g/mol. The first-order valence-corrected chi connectivity index (χ1v) is 8.00. The van der Waals surface area contributed by atoms with Gasteiger partial charge in [-0.1, -0.05) is 18.2 Å². The van der Waals surface area contributed by atoms with Gasteiger partial charge >= 0.3 is 0 Å². The Morgan fingerprint density at radius 3 is 2.68 bits per heavy atom. The molecule has 4 nitrogen and oxygen atoms in total. The van der Waals surface area contributed by atoms with Gasteiger partial charge in [-0.15, -0.1) is 12.4 Å². The van der Waals surface area contributed by atoms with Gasteiger partial charge in [0.1, 0.15) is 5.75 Å². The predicted octanol–water partition coefficient (Wildman–Crippen LogP) is 2.01. The third-order valence-electron chi connectivity index (χ3n) is 5.39. The van der Waals surface area contributed by atoms with Crippen LogP contribution < -0.4 is 10.1 Å². The van der Waals surface area contributed by atoms with Crippen LogP contribution in [0.4, 0.5) is 0 Å². The minimum atomic E-state index is -0.307. The number of para-hydroxylation sites is 1. The summed E-state index contributed by atoms with van der Waals surface area (Å²) in [6, 6.07) is 7.98. The summed E-state index contributed by atoms with van der Waals surface area (Å²) < 4.78 is 5.84. The summed E-state index contributed by atoms with van der Waals surface area (Å²) in [5.74, 6) is 1.05. The number of ether oxygens (including phenoxy) is 1. The number of hydrogen-bond donors (Lipinski definition) is 1. The van der Waals surface area contributed by atoms with E-state index in [9.17, 15) is 4.79 Å². The molecular formula is C17H23ClN2O2. The van der Waals surface area contributed by atoms with Gasteiger partial charge in [0.15, 0.2) is 6.10 Å². The molecule has 4 rings (SSSR count). The Morgan fingerprint density at radius 2 is 2.00 bits per heavy atom. The van der Waals surface area contributed by atoms with E-state index in [4.69, 9.17) is 4.74 Å². The lowest BCUT2D eigenvalue weighted by Crippen LogP contribution is -2.48. The molecule has 5 heteroatoms. The molecule has 1 aromatic rings. The number of rotatable bonds is 1. The highest BCUT2D eigenvalue weighted by molar-refractivity contribution is 5.85. The molecule has 1 atom stereocenters. The summed E-state index contributed by atoms with van der Waals surface area (Å²) in [5, 5.41) is 3.47. The summed E-state index contributed by atoms with van der Waals surface area (Å²) in [7, 11) is 0. The van der Waals surface area contributed by atoms with Crippen LogP contribution in [0.2, 0.25) is 0 Å². The van der Waals surface area contributed by atoms with Crippen LogP contribution >= 0.6 is 12.4 Å². The van der Waals surface area contributed by atoms with Crippen LogP contribution in [-0.4, -0.2) is 43.1 Å². The lowest BCUT2D eigenvalue weighted by molar-refractivity contribution is -0.140. The zero-order chi connectivity index (χ0) is 14.3. The number of carbonyl (C=O) groups is 1. The Bertz CT molecular complexity index is 522. The van der Waals surface area contributed by atoms with Crippen molar-refractivity contribution in [3.05, 3.63) is 29.8 Å². The van der Waals surface area contributed by atoms with Crippen molar-refractivity contribution in [2.24, 2.45) is 5.41 Å². The minimum Gasteiger partial charge on any atom is -0.480 e. The fraction of sp³-hybridized carbons (Fsp3) is 0.588. The molecular weight excluding hydrogens is 300 g/mol. The normalized spacial score (nSPS) is 25.5. The number of likely N-dealkylation sites (tertiary alicyclic amines) is 1. The lowest BCUT2D eigenvalue weighted by Gasteiger charge is -2.39. The highest BCUT2D eigenvalue weighted by Crippen LogP contribution is 2.37. The molecule has 1 amide bonds. The molecule has 0 saturated carbocycles. The molecule has 0 aliphatic carbocycles. The molecule has 1 spiro atoms. The van der Waals surface area contributed by atoms with E-state index >= 15 is 0 Å². The largest absolute Gasteiger partial charge is 0.480 e. The van der Waals surface area contributed by atoms with Crippen LogP contribution in [-0.2, 0) is 11.2 Å². The molecule has 0 radical (unpaired) electrons. The third-order valence-corrected chi connectivity index (χ3v) is 5.39. The van der Waals surface area contributed by atoms with Crippen LogP contribution in [0.25, 0.3) is 0 Å². The Morgan fingerprint density at radius 1 is 1.23 bits per heavy atom. The summed E-state index contributed by atoms with van der Waals surface area (Å²) in [6.07, 6.45) is 3.94. The number of nitrogens with zero attached hydrogens (tertiary/aromatic N) is 1. The van der Waals surface area contributed by atoms with Crippen molar-refractivity contribution in [1.82, 2.24) is 10.2 Å². The Kier molecular flexibility index (Phi) is 4.33. The maximum absolute atomic E-state index is 12.7. The monoisotopic (exact) mass is 322 g/mol. The summed E-state index contributed by atoms with van der Waals surface area (Å²) in [4.78, 5) is 14.7. The highest BCUT2D eigenvalue weighted by atomic mass is 35.5. The Balaban J connectivity index is 0.00000144. The molecule has 22 heavy (non-hydrogen) atoms. The van der Waals surface area contributed by atoms with Crippen LogP contribution in [0.3, 0.4) is 0 Å². The smallest absolute Gasteiger partial charge is 0.263 e. The summed E-state index contributed by atoms with van der Waals surface area (Å²) in [5.41, 5.74) is 1.61. The number of halogens is 1. The highest BCUT2D eigenvalue weighted by Gasteiger charge is 2.40. The standard InChI is InChI=1S/C17H22N2O2.ClH/c20-16(15-11-13-3-1-2-4-14(13)21-15)19-9-6-17(7-10-19)5-8-18-12-17;/h1-4,15,18H,5-12H2;1H. The van der Waals surface area contributed by atoms with Crippen molar-refractivity contribution in [3.63, 3.8) is 0 Å². The summed E-state index contributed by atoms with van der Waals surface area (Å²) in [6.45, 7) is 4.03. The first-order valence-electron chi connectivity index (χ1n) is 8.00. The van der Waals surface area contributed by atoms with Crippen molar-refractivity contribution in [2.45, 2.75) is 31.8 Å². The second kappa shape index (κ2) is 6.09. The van der Waals surface area contributed by atoms with Gasteiger partial charge in [0.05, 0.1) is 0 Å². The first kappa shape index (κ1) is 15.6. The van der Waals surface area contributed by atoms with E-state index in [-0.39, 0.29) is 24.4 Å². The topological polar surface area (TPSA) is 41.6 Å². The fourth-order valence-corrected chi connectivity index (χ4v) is 3.95. The molecule has 1 aromatic carbocycles. The van der Waals surface area contributed by atoms with E-state index in [2.05, 4.69) is 11.4 Å². The van der Waals surface area contributed by atoms with Gasteiger partial charge in [0.25, 0.3) is 5.91 Å². The number of hydrogen-bond acceptors (Lipinski definition) is 3. The van der Waals surface area contributed by atoms with Crippen molar-refractivity contribution in [3.8, 4) is 5.75 Å². The van der Waals surface area contributed by atoms with Crippen molar-refractivity contribution in [2.75, 3.05) is 26.2 Å². The summed E-state index contributed by atoms with van der Waals surface area (Å²) >= 11 is 0. The Labute approximate surface area is 137 Å². The van der Waals surface area contributed by atoms with Crippen molar-refractivity contribution >= 4 is 18.3 Å². The zero-order valence-corrected chi connectivity index (χ0v) is 13.5. The fourth-order valence-electron chi connectivity index (χ4n) is 3.95. The molecule has 2 fully saturated rings. The first-order chi connectivity index (χ1) is 10.3. The van der Waals surface area contributed by atoms with E-state index in [1.54, 1.807) is 0 Å². The van der Waals surface area contributed by atoms with Gasteiger partial charge in [-0.05, 0) is 42.9 Å². The lowest BCUT2D eigenvalue weighted by atomic mass is 9.78. The van der Waals surface area contributed by atoms with E-state index < -0.39 is 0 Å². The number of piperidine rings is 1.